The summed E-state index contributed by atoms with van der Waals surface area (Å²) in [5, 5.41) is 10.7. The molecule has 4 heteroatoms. The van der Waals surface area contributed by atoms with Crippen molar-refractivity contribution in [2.75, 3.05) is 0 Å². The van der Waals surface area contributed by atoms with E-state index in [4.69, 9.17) is 5.41 Å². The molecule has 2 amide bonds. The van der Waals surface area contributed by atoms with Crippen LogP contribution in [-0.4, -0.2) is 28.3 Å². The summed E-state index contributed by atoms with van der Waals surface area (Å²) >= 11 is 0. The van der Waals surface area contributed by atoms with Gasteiger partial charge < -0.3 is 4.90 Å². The molecule has 1 aliphatic carbocycles. The van der Waals surface area contributed by atoms with Crippen LogP contribution in [0, 0.1) is 11.3 Å². The Kier molecular flexibility index (Phi) is 2.24. The lowest BCUT2D eigenvalue weighted by Crippen LogP contribution is -2.54. The smallest absolute Gasteiger partial charge is 0.309 e. The zero-order chi connectivity index (χ0) is 11.2. The summed E-state index contributed by atoms with van der Waals surface area (Å²) in [5.74, 6) is 0.803. The minimum Gasteiger partial charge on any atom is -0.309 e. The number of urea groups is 1. The molecule has 0 radical (unpaired) electrons. The number of hydrogen-bond acceptors (Lipinski definition) is 2. The fraction of sp³-hybridized carbons (Fsp3) is 0.818. The van der Waals surface area contributed by atoms with Crippen molar-refractivity contribution in [1.29, 1.82) is 5.41 Å². The van der Waals surface area contributed by atoms with Crippen molar-refractivity contribution >= 4 is 11.9 Å². The minimum atomic E-state index is -0.328. The molecule has 0 aromatic carbocycles. The van der Waals surface area contributed by atoms with Gasteiger partial charge in [0.15, 0.2) is 0 Å². The molecular formula is C11H19N3O. The van der Waals surface area contributed by atoms with Gasteiger partial charge in [-0.25, -0.2) is 4.79 Å². The topological polar surface area (TPSA) is 56.2 Å². The van der Waals surface area contributed by atoms with Crippen LogP contribution in [0.25, 0.3) is 0 Å². The first-order chi connectivity index (χ1) is 7.00. The number of nitrogens with one attached hydrogen (secondary N) is 2. The monoisotopic (exact) mass is 209 g/mol. The maximum absolute atomic E-state index is 11.8. The summed E-state index contributed by atoms with van der Waals surface area (Å²) in [4.78, 5) is 13.7. The van der Waals surface area contributed by atoms with Crippen molar-refractivity contribution in [3.63, 3.8) is 0 Å². The summed E-state index contributed by atoms with van der Waals surface area (Å²) in [6, 6.07) is 0.0668. The molecule has 1 spiro atoms. The summed E-state index contributed by atoms with van der Waals surface area (Å²) < 4.78 is 0. The SMILES string of the molecule is CC(C)N1C(=O)NC(=N)C12CCCC2C. The summed E-state index contributed by atoms with van der Waals surface area (Å²) in [5.41, 5.74) is -0.328. The fourth-order valence-electron chi connectivity index (χ4n) is 3.16. The normalized spacial score (nSPS) is 35.7. The molecule has 2 rings (SSSR count). The second-order valence-electron chi connectivity index (χ2n) is 4.99. The maximum Gasteiger partial charge on any atom is 0.323 e. The van der Waals surface area contributed by atoms with Crippen LogP contribution >= 0.6 is 0 Å². The highest BCUT2D eigenvalue weighted by molar-refractivity contribution is 6.08. The number of nitrogens with zero attached hydrogens (tertiary/aromatic N) is 1. The summed E-state index contributed by atoms with van der Waals surface area (Å²) in [6.45, 7) is 6.19. The molecule has 2 N–H and O–H groups in total. The lowest BCUT2D eigenvalue weighted by atomic mass is 9.85. The molecule has 1 heterocycles. The Labute approximate surface area is 90.5 Å². The van der Waals surface area contributed by atoms with E-state index >= 15 is 0 Å². The number of carbonyl (C=O) groups excluding carboxylic acids is 1. The maximum atomic E-state index is 11.8. The fourth-order valence-corrected chi connectivity index (χ4v) is 3.16. The van der Waals surface area contributed by atoms with Crippen LogP contribution in [0.3, 0.4) is 0 Å². The Bertz CT molecular complexity index is 313. The van der Waals surface area contributed by atoms with E-state index in [0.29, 0.717) is 11.8 Å². The van der Waals surface area contributed by atoms with E-state index in [1.165, 1.54) is 0 Å². The standard InChI is InChI=1S/C11H19N3O/c1-7(2)14-10(15)13-9(12)11(14)6-4-5-8(11)3/h7-8H,4-6H2,1-3H3,(H2,12,13,15). The van der Waals surface area contributed by atoms with Crippen molar-refractivity contribution in [2.24, 2.45) is 5.92 Å². The first-order valence-corrected chi connectivity index (χ1v) is 5.69. The number of amides is 2. The average Bonchev–Trinajstić information content (AvgIpc) is 2.58. The molecule has 2 fully saturated rings. The lowest BCUT2D eigenvalue weighted by molar-refractivity contribution is 0.129. The van der Waals surface area contributed by atoms with Crippen LogP contribution in [0.5, 0.6) is 0 Å². The van der Waals surface area contributed by atoms with Crippen molar-refractivity contribution in [3.8, 4) is 0 Å². The van der Waals surface area contributed by atoms with Gasteiger partial charge in [-0.15, -0.1) is 0 Å². The molecule has 1 saturated carbocycles. The van der Waals surface area contributed by atoms with Crippen LogP contribution in [-0.2, 0) is 0 Å². The van der Waals surface area contributed by atoms with Crippen LogP contribution in [0.15, 0.2) is 0 Å². The highest BCUT2D eigenvalue weighted by Crippen LogP contribution is 2.44. The van der Waals surface area contributed by atoms with Crippen molar-refractivity contribution in [1.82, 2.24) is 10.2 Å². The lowest BCUT2D eigenvalue weighted by Gasteiger charge is -2.39. The Balaban J connectivity index is 2.43. The Morgan fingerprint density at radius 2 is 2.27 bits per heavy atom. The third-order valence-corrected chi connectivity index (χ3v) is 3.84. The van der Waals surface area contributed by atoms with E-state index in [9.17, 15) is 4.79 Å². The van der Waals surface area contributed by atoms with Gasteiger partial charge in [0, 0.05) is 6.04 Å². The van der Waals surface area contributed by atoms with E-state index in [2.05, 4.69) is 12.2 Å². The van der Waals surface area contributed by atoms with E-state index in [0.717, 1.165) is 19.3 Å². The number of rotatable bonds is 1. The molecule has 15 heavy (non-hydrogen) atoms. The van der Waals surface area contributed by atoms with Crippen molar-refractivity contribution in [3.05, 3.63) is 0 Å². The highest BCUT2D eigenvalue weighted by atomic mass is 16.2. The molecule has 0 aromatic rings. The summed E-state index contributed by atoms with van der Waals surface area (Å²) in [6.07, 6.45) is 3.16. The number of hydrogen-bond donors (Lipinski definition) is 2. The molecule has 2 unspecified atom stereocenters. The minimum absolute atomic E-state index is 0.0938. The van der Waals surface area contributed by atoms with Crippen LogP contribution in [0.4, 0.5) is 4.79 Å². The molecule has 0 bridgehead atoms. The van der Waals surface area contributed by atoms with Gasteiger partial charge in [0.1, 0.15) is 11.4 Å². The molecular weight excluding hydrogens is 190 g/mol. The first kappa shape index (κ1) is 10.5. The Morgan fingerprint density at radius 1 is 1.60 bits per heavy atom. The van der Waals surface area contributed by atoms with Gasteiger partial charge in [0.05, 0.1) is 0 Å². The van der Waals surface area contributed by atoms with Gasteiger partial charge in [-0.1, -0.05) is 13.3 Å². The molecule has 4 nitrogen and oxygen atoms in total. The number of carbonyl (C=O) groups is 1. The van der Waals surface area contributed by atoms with Crippen molar-refractivity contribution < 1.29 is 4.79 Å². The molecule has 84 valence electrons. The Morgan fingerprint density at radius 3 is 2.73 bits per heavy atom. The van der Waals surface area contributed by atoms with E-state index in [1.54, 1.807) is 0 Å². The van der Waals surface area contributed by atoms with E-state index in [1.807, 2.05) is 18.7 Å². The predicted octanol–water partition coefficient (Wildman–Crippen LogP) is 1.96. The first-order valence-electron chi connectivity index (χ1n) is 5.69. The van der Waals surface area contributed by atoms with Crippen LogP contribution in [0.2, 0.25) is 0 Å². The quantitative estimate of drug-likeness (QED) is 0.681. The molecule has 2 aliphatic rings. The third-order valence-electron chi connectivity index (χ3n) is 3.84. The largest absolute Gasteiger partial charge is 0.323 e. The second-order valence-corrected chi connectivity index (χ2v) is 4.99. The second kappa shape index (κ2) is 3.22. The Hall–Kier alpha value is -1.06. The number of amidine groups is 1. The van der Waals surface area contributed by atoms with Gasteiger partial charge >= 0.3 is 6.03 Å². The molecule has 2 atom stereocenters. The average molecular weight is 209 g/mol. The van der Waals surface area contributed by atoms with Crippen LogP contribution in [0.1, 0.15) is 40.0 Å². The zero-order valence-electron chi connectivity index (χ0n) is 9.63. The van der Waals surface area contributed by atoms with Crippen molar-refractivity contribution in [2.45, 2.75) is 51.6 Å². The van der Waals surface area contributed by atoms with Gasteiger partial charge in [-0.05, 0) is 32.6 Å². The van der Waals surface area contributed by atoms with Gasteiger partial charge in [0.2, 0.25) is 0 Å². The van der Waals surface area contributed by atoms with E-state index < -0.39 is 0 Å². The molecule has 1 aliphatic heterocycles. The van der Waals surface area contributed by atoms with Gasteiger partial charge in [-0.3, -0.25) is 10.7 Å². The highest BCUT2D eigenvalue weighted by Gasteiger charge is 2.56. The van der Waals surface area contributed by atoms with Gasteiger partial charge in [0.25, 0.3) is 0 Å². The predicted molar refractivity (Wildman–Crippen MR) is 59.0 cm³/mol. The van der Waals surface area contributed by atoms with Crippen LogP contribution < -0.4 is 5.32 Å². The summed E-state index contributed by atoms with van der Waals surface area (Å²) in [7, 11) is 0. The van der Waals surface area contributed by atoms with Gasteiger partial charge in [-0.2, -0.15) is 0 Å². The molecule has 1 saturated heterocycles. The zero-order valence-corrected chi connectivity index (χ0v) is 9.63. The van der Waals surface area contributed by atoms with E-state index in [-0.39, 0.29) is 17.6 Å². The molecule has 0 aromatic heterocycles. The third kappa shape index (κ3) is 1.20.